The van der Waals surface area contributed by atoms with Crippen molar-refractivity contribution in [3.8, 4) is 23.0 Å². The summed E-state index contributed by atoms with van der Waals surface area (Å²) in [7, 11) is 0. The number of aliphatic hydroxyl groups excluding tert-OH is 1. The van der Waals surface area contributed by atoms with Gasteiger partial charge in [-0.25, -0.2) is 18.7 Å². The molecule has 9 nitrogen and oxygen atoms in total. The van der Waals surface area contributed by atoms with Crippen LogP contribution in [0.1, 0.15) is 12.0 Å². The number of rotatable bonds is 11. The van der Waals surface area contributed by atoms with Crippen LogP contribution >= 0.6 is 11.6 Å². The molecule has 15 heteroatoms. The molecule has 2 N–H and O–H groups in total. The highest BCUT2D eigenvalue weighted by molar-refractivity contribution is 6.33. The van der Waals surface area contributed by atoms with Crippen LogP contribution in [0.15, 0.2) is 61.1 Å². The molecule has 0 aliphatic heterocycles. The first-order valence-corrected chi connectivity index (χ1v) is 13.1. The van der Waals surface area contributed by atoms with E-state index in [4.69, 9.17) is 21.4 Å². The lowest BCUT2D eigenvalue weighted by Gasteiger charge is -2.13. The van der Waals surface area contributed by atoms with Crippen LogP contribution in [0.25, 0.3) is 22.4 Å². The molecule has 5 aromatic rings. The molecule has 0 unspecified atom stereocenters. The number of nitrogens with one attached hydrogen (secondary N) is 1. The van der Waals surface area contributed by atoms with Crippen LogP contribution in [-0.2, 0) is 6.54 Å². The van der Waals surface area contributed by atoms with Crippen molar-refractivity contribution in [2.24, 2.45) is 0 Å². The largest absolute Gasteiger partial charge is 0.488 e. The van der Waals surface area contributed by atoms with Crippen LogP contribution in [0.3, 0.4) is 0 Å². The number of fused-ring (bicyclic) bond motifs is 1. The zero-order valence-corrected chi connectivity index (χ0v) is 22.8. The summed E-state index contributed by atoms with van der Waals surface area (Å²) in [6.07, 6.45) is 0.103. The van der Waals surface area contributed by atoms with Crippen LogP contribution in [0.4, 0.5) is 33.5 Å². The Morgan fingerprint density at radius 1 is 1.02 bits per heavy atom. The van der Waals surface area contributed by atoms with Gasteiger partial charge in [-0.2, -0.15) is 18.3 Å². The minimum Gasteiger partial charge on any atom is -0.488 e. The first-order valence-electron chi connectivity index (χ1n) is 12.7. The second kappa shape index (κ2) is 12.8. The second-order valence-corrected chi connectivity index (χ2v) is 9.51. The van der Waals surface area contributed by atoms with Crippen molar-refractivity contribution in [3.05, 3.63) is 83.3 Å². The molecular formula is C28H22ClF5N6O3. The fourth-order valence-electron chi connectivity index (χ4n) is 4.07. The second-order valence-electron chi connectivity index (χ2n) is 9.11. The molecule has 0 spiro atoms. The van der Waals surface area contributed by atoms with E-state index in [1.54, 1.807) is 30.3 Å². The van der Waals surface area contributed by atoms with Gasteiger partial charge in [-0.3, -0.25) is 9.67 Å². The molecule has 3 heterocycles. The monoisotopic (exact) mass is 620 g/mol. The van der Waals surface area contributed by atoms with E-state index < -0.39 is 42.3 Å². The molecular weight excluding hydrogens is 599 g/mol. The summed E-state index contributed by atoms with van der Waals surface area (Å²) >= 11 is 6.26. The number of nitrogens with zero attached hydrogens (tertiary/aromatic N) is 5. The van der Waals surface area contributed by atoms with E-state index in [2.05, 4.69) is 30.1 Å². The third-order valence-electron chi connectivity index (χ3n) is 6.04. The van der Waals surface area contributed by atoms with E-state index in [9.17, 15) is 22.0 Å². The molecule has 0 amide bonds. The smallest absolute Gasteiger partial charge is 0.422 e. The van der Waals surface area contributed by atoms with Gasteiger partial charge in [0.2, 0.25) is 0 Å². The maximum atomic E-state index is 14.9. The first kappa shape index (κ1) is 29.9. The minimum atomic E-state index is -4.66. The number of ether oxygens (including phenoxy) is 2. The van der Waals surface area contributed by atoms with Gasteiger partial charge in [0.05, 0.1) is 35.6 Å². The predicted octanol–water partition coefficient (Wildman–Crippen LogP) is 6.31. The summed E-state index contributed by atoms with van der Waals surface area (Å²) in [4.78, 5) is 12.9. The molecule has 224 valence electrons. The van der Waals surface area contributed by atoms with Crippen molar-refractivity contribution in [1.82, 2.24) is 24.7 Å². The lowest BCUT2D eigenvalue weighted by molar-refractivity contribution is -0.153. The normalized spacial score (nSPS) is 11.6. The van der Waals surface area contributed by atoms with Crippen LogP contribution in [-0.4, -0.2) is 55.8 Å². The molecule has 0 radical (unpaired) electrons. The summed E-state index contributed by atoms with van der Waals surface area (Å²) in [5.41, 5.74) is 0.833. The van der Waals surface area contributed by atoms with Gasteiger partial charge in [-0.1, -0.05) is 29.8 Å². The van der Waals surface area contributed by atoms with Gasteiger partial charge in [0.1, 0.15) is 23.1 Å². The number of alkyl halides is 3. The standard InChI is InChI=1S/C28H22ClF5N6O3/c29-19-12-35-7-6-22(19)37-26-24(42-9-3-8-41)13-36-27(38-26)25-17-4-1-2-5-23(17)40(39-25)14-18-20(30)10-16(11-21(18)31)43-15-28(32,33)34/h1-2,4-7,10-13,41H,3,8-9,14-15H2,(H,35,36,37,38). The van der Waals surface area contributed by atoms with Crippen molar-refractivity contribution < 1.29 is 36.5 Å². The third-order valence-corrected chi connectivity index (χ3v) is 6.34. The molecule has 2 aromatic carbocycles. The van der Waals surface area contributed by atoms with Crippen LogP contribution < -0.4 is 14.8 Å². The number of benzene rings is 2. The Balaban J connectivity index is 1.51. The van der Waals surface area contributed by atoms with Crippen LogP contribution in [0, 0.1) is 11.6 Å². The molecule has 5 rings (SSSR count). The van der Waals surface area contributed by atoms with Gasteiger partial charge >= 0.3 is 6.18 Å². The zero-order chi connectivity index (χ0) is 30.6. The highest BCUT2D eigenvalue weighted by Crippen LogP contribution is 2.33. The number of aliphatic hydroxyl groups is 1. The van der Waals surface area contributed by atoms with E-state index >= 15 is 0 Å². The number of halogens is 6. The van der Waals surface area contributed by atoms with E-state index in [1.807, 2.05) is 0 Å². The SMILES string of the molecule is OCCCOc1cnc(-c2nn(Cc3c(F)cc(OCC(F)(F)F)cc3F)c3ccccc23)nc1Nc1ccncc1Cl. The molecule has 0 fully saturated rings. The molecule has 0 saturated carbocycles. The molecule has 0 aliphatic carbocycles. The molecule has 3 aromatic heterocycles. The first-order chi connectivity index (χ1) is 20.6. The Kier molecular flexibility index (Phi) is 8.87. The van der Waals surface area contributed by atoms with Crippen molar-refractivity contribution in [2.75, 3.05) is 25.1 Å². The predicted molar refractivity (Wildman–Crippen MR) is 147 cm³/mol. The van der Waals surface area contributed by atoms with Crippen LogP contribution in [0.5, 0.6) is 11.5 Å². The average molecular weight is 621 g/mol. The summed E-state index contributed by atoms with van der Waals surface area (Å²) in [6.45, 7) is -1.97. The Hall–Kier alpha value is -4.56. The van der Waals surface area contributed by atoms with Gasteiger partial charge in [-0.15, -0.1) is 0 Å². The van der Waals surface area contributed by atoms with Gasteiger partial charge in [0, 0.05) is 48.5 Å². The maximum absolute atomic E-state index is 14.9. The summed E-state index contributed by atoms with van der Waals surface area (Å²) in [5.74, 6) is -2.13. The van der Waals surface area contributed by atoms with E-state index in [1.165, 1.54) is 23.3 Å². The lowest BCUT2D eigenvalue weighted by atomic mass is 10.1. The van der Waals surface area contributed by atoms with E-state index in [0.29, 0.717) is 40.2 Å². The molecule has 0 bridgehead atoms. The molecule has 43 heavy (non-hydrogen) atoms. The highest BCUT2D eigenvalue weighted by atomic mass is 35.5. The molecule has 0 atom stereocenters. The zero-order valence-electron chi connectivity index (χ0n) is 22.1. The third kappa shape index (κ3) is 7.09. The fourth-order valence-corrected chi connectivity index (χ4v) is 4.24. The number of para-hydroxylation sites is 1. The number of hydrogen-bond acceptors (Lipinski definition) is 8. The Morgan fingerprint density at radius 2 is 1.79 bits per heavy atom. The van der Waals surface area contributed by atoms with Crippen molar-refractivity contribution in [1.29, 1.82) is 0 Å². The van der Waals surface area contributed by atoms with E-state index in [0.717, 1.165) is 0 Å². The number of pyridine rings is 1. The summed E-state index contributed by atoms with van der Waals surface area (Å²) in [5, 5.41) is 17.6. The highest BCUT2D eigenvalue weighted by Gasteiger charge is 2.29. The van der Waals surface area contributed by atoms with Gasteiger partial charge in [-0.05, 0) is 12.1 Å². The van der Waals surface area contributed by atoms with Gasteiger partial charge in [0.15, 0.2) is 24.0 Å². The Labute approximate surface area is 245 Å². The topological polar surface area (TPSA) is 107 Å². The number of anilines is 2. The van der Waals surface area contributed by atoms with Crippen molar-refractivity contribution in [3.63, 3.8) is 0 Å². The minimum absolute atomic E-state index is 0.0776. The van der Waals surface area contributed by atoms with Gasteiger partial charge < -0.3 is 19.9 Å². The van der Waals surface area contributed by atoms with Crippen molar-refractivity contribution in [2.45, 2.75) is 19.1 Å². The Bertz CT molecular complexity index is 1730. The maximum Gasteiger partial charge on any atom is 0.422 e. The molecule has 0 aliphatic rings. The van der Waals surface area contributed by atoms with Crippen LogP contribution in [0.2, 0.25) is 5.02 Å². The van der Waals surface area contributed by atoms with E-state index in [-0.39, 0.29) is 36.3 Å². The summed E-state index contributed by atoms with van der Waals surface area (Å²) in [6, 6.07) is 9.89. The number of hydrogen-bond donors (Lipinski definition) is 2. The molecule has 0 saturated heterocycles. The van der Waals surface area contributed by atoms with Gasteiger partial charge in [0.25, 0.3) is 0 Å². The van der Waals surface area contributed by atoms with Crippen molar-refractivity contribution >= 4 is 34.0 Å². The fraction of sp³-hybridized carbons (Fsp3) is 0.214. The average Bonchev–Trinajstić information content (AvgIpc) is 3.34. The lowest BCUT2D eigenvalue weighted by Crippen LogP contribution is -2.19. The number of aromatic nitrogens is 5. The summed E-state index contributed by atoms with van der Waals surface area (Å²) < 4.78 is 78.8. The quantitative estimate of drug-likeness (QED) is 0.131. The Morgan fingerprint density at radius 3 is 2.51 bits per heavy atom.